The molecule has 0 spiro atoms. The van der Waals surface area contributed by atoms with E-state index in [0.29, 0.717) is 23.1 Å². The zero-order valence-corrected chi connectivity index (χ0v) is 17.1. The molecule has 8 heteroatoms. The smallest absolute Gasteiger partial charge is 0.356 e. The Hall–Kier alpha value is -3.13. The number of amides is 1. The van der Waals surface area contributed by atoms with Crippen LogP contribution in [0.5, 0.6) is 0 Å². The van der Waals surface area contributed by atoms with E-state index in [-0.39, 0.29) is 24.0 Å². The third-order valence-electron chi connectivity index (χ3n) is 4.81. The van der Waals surface area contributed by atoms with Crippen molar-refractivity contribution in [3.8, 4) is 11.3 Å². The van der Waals surface area contributed by atoms with E-state index >= 15 is 0 Å². The van der Waals surface area contributed by atoms with Crippen LogP contribution in [-0.4, -0.2) is 40.5 Å². The Bertz CT molecular complexity index is 1070. The Morgan fingerprint density at radius 1 is 1.23 bits per heavy atom. The van der Waals surface area contributed by atoms with Gasteiger partial charge in [0.05, 0.1) is 11.4 Å². The fourth-order valence-corrected chi connectivity index (χ4v) is 4.34. The molecule has 154 valence electrons. The Morgan fingerprint density at radius 3 is 2.80 bits per heavy atom. The molecule has 6 nitrogen and oxygen atoms in total. The van der Waals surface area contributed by atoms with Gasteiger partial charge in [-0.15, -0.1) is 11.8 Å². The third-order valence-corrected chi connectivity index (χ3v) is 6.05. The molecule has 30 heavy (non-hydrogen) atoms. The lowest BCUT2D eigenvalue weighted by Gasteiger charge is -2.22. The maximum absolute atomic E-state index is 13.1. The summed E-state index contributed by atoms with van der Waals surface area (Å²) in [5.74, 6) is -1.30. The number of thioether (sulfide) groups is 1. The largest absolute Gasteiger partial charge is 0.451 e. The van der Waals surface area contributed by atoms with E-state index in [1.807, 2.05) is 24.3 Å². The molecule has 0 radical (unpaired) electrons. The number of nitrogens with one attached hydrogen (secondary N) is 1. The van der Waals surface area contributed by atoms with Crippen molar-refractivity contribution in [3.63, 3.8) is 0 Å². The predicted octanol–water partition coefficient (Wildman–Crippen LogP) is 4.29. The molecule has 0 bridgehead atoms. The number of hydrogen-bond acceptors (Lipinski definition) is 5. The number of ether oxygens (including phenoxy) is 1. The van der Waals surface area contributed by atoms with Gasteiger partial charge in [-0.2, -0.15) is 5.10 Å². The third kappa shape index (κ3) is 4.38. The number of hydrogen-bond donors (Lipinski definition) is 1. The zero-order valence-electron chi connectivity index (χ0n) is 16.3. The van der Waals surface area contributed by atoms with E-state index < -0.39 is 5.97 Å². The van der Waals surface area contributed by atoms with E-state index in [0.717, 1.165) is 17.0 Å². The highest BCUT2D eigenvalue weighted by Gasteiger charge is 2.25. The highest BCUT2D eigenvalue weighted by atomic mass is 32.2. The average Bonchev–Trinajstić information content (AvgIpc) is 3.17. The number of fused-ring (bicyclic) bond motifs is 1. The standard InChI is InChI=1S/C22H20FN3O3S/c1-14-10-11-26(19-4-2-3-5-20(19)30-14)21(27)13-29-22(28)18-12-17(24-25-18)15-6-8-16(23)9-7-15/h2-9,12,14H,10-11,13H2,1H3,(H,24,25)/t14-/m1/s1. The van der Waals surface area contributed by atoms with Crippen LogP contribution in [0, 0.1) is 5.82 Å². The fourth-order valence-electron chi connectivity index (χ4n) is 3.22. The molecular formula is C22H20FN3O3S. The number of aromatic nitrogens is 2. The summed E-state index contributed by atoms with van der Waals surface area (Å²) >= 11 is 1.74. The number of halogens is 1. The number of benzene rings is 2. The Kier molecular flexibility index (Phi) is 5.85. The second-order valence-corrected chi connectivity index (χ2v) is 8.46. The number of carbonyl (C=O) groups excluding carboxylic acids is 2. The van der Waals surface area contributed by atoms with Crippen LogP contribution in [-0.2, 0) is 9.53 Å². The molecule has 4 rings (SSSR count). The monoisotopic (exact) mass is 425 g/mol. The number of anilines is 1. The molecule has 1 aliphatic rings. The van der Waals surface area contributed by atoms with Gasteiger partial charge in [0.2, 0.25) is 0 Å². The Balaban J connectivity index is 1.42. The van der Waals surface area contributed by atoms with Gasteiger partial charge in [0.15, 0.2) is 6.61 Å². The first-order valence-electron chi connectivity index (χ1n) is 9.56. The van der Waals surface area contributed by atoms with Crippen LogP contribution in [0.15, 0.2) is 59.5 Å². The van der Waals surface area contributed by atoms with Gasteiger partial charge < -0.3 is 9.64 Å². The number of aromatic amines is 1. The van der Waals surface area contributed by atoms with E-state index in [9.17, 15) is 14.0 Å². The molecule has 0 unspecified atom stereocenters. The maximum Gasteiger partial charge on any atom is 0.356 e. The van der Waals surface area contributed by atoms with E-state index in [1.54, 1.807) is 28.8 Å². The summed E-state index contributed by atoms with van der Waals surface area (Å²) < 4.78 is 18.3. The lowest BCUT2D eigenvalue weighted by atomic mass is 10.1. The first-order valence-corrected chi connectivity index (χ1v) is 10.4. The van der Waals surface area contributed by atoms with Crippen LogP contribution in [0.1, 0.15) is 23.8 Å². The van der Waals surface area contributed by atoms with E-state index in [2.05, 4.69) is 17.1 Å². The summed E-state index contributed by atoms with van der Waals surface area (Å²) in [6, 6.07) is 15.0. The number of rotatable bonds is 4. The van der Waals surface area contributed by atoms with Crippen LogP contribution in [0.4, 0.5) is 10.1 Å². The quantitative estimate of drug-likeness (QED) is 0.631. The van der Waals surface area contributed by atoms with Gasteiger partial charge in [0.25, 0.3) is 5.91 Å². The van der Waals surface area contributed by atoms with Gasteiger partial charge in [0.1, 0.15) is 11.5 Å². The fraction of sp³-hybridized carbons (Fsp3) is 0.227. The maximum atomic E-state index is 13.1. The van der Waals surface area contributed by atoms with Crippen molar-refractivity contribution in [3.05, 3.63) is 66.1 Å². The topological polar surface area (TPSA) is 75.3 Å². The molecule has 1 aromatic heterocycles. The lowest BCUT2D eigenvalue weighted by Crippen LogP contribution is -2.35. The first-order chi connectivity index (χ1) is 14.5. The normalized spacial score (nSPS) is 15.9. The van der Waals surface area contributed by atoms with Gasteiger partial charge in [0, 0.05) is 22.3 Å². The van der Waals surface area contributed by atoms with Crippen LogP contribution in [0.2, 0.25) is 0 Å². The molecule has 0 aliphatic carbocycles. The van der Waals surface area contributed by atoms with Gasteiger partial charge in [-0.3, -0.25) is 9.89 Å². The van der Waals surface area contributed by atoms with Crippen molar-refractivity contribution in [2.45, 2.75) is 23.5 Å². The summed E-state index contributed by atoms with van der Waals surface area (Å²) in [7, 11) is 0. The number of nitrogens with zero attached hydrogens (tertiary/aromatic N) is 2. The minimum Gasteiger partial charge on any atom is -0.451 e. The molecule has 3 aromatic rings. The van der Waals surface area contributed by atoms with Gasteiger partial charge >= 0.3 is 5.97 Å². The molecule has 0 saturated carbocycles. The molecule has 1 amide bonds. The van der Waals surface area contributed by atoms with Gasteiger partial charge in [-0.05, 0) is 48.9 Å². The Morgan fingerprint density at radius 2 is 2.00 bits per heavy atom. The van der Waals surface area contributed by atoms with Crippen molar-refractivity contribution in [1.82, 2.24) is 10.2 Å². The van der Waals surface area contributed by atoms with Gasteiger partial charge in [-0.1, -0.05) is 19.1 Å². The highest BCUT2D eigenvalue weighted by Crippen LogP contribution is 2.37. The van der Waals surface area contributed by atoms with Crippen LogP contribution < -0.4 is 4.90 Å². The van der Waals surface area contributed by atoms with Crippen molar-refractivity contribution in [2.24, 2.45) is 0 Å². The summed E-state index contributed by atoms with van der Waals surface area (Å²) in [5, 5.41) is 7.06. The predicted molar refractivity (Wildman–Crippen MR) is 113 cm³/mol. The number of H-pyrrole nitrogens is 1. The van der Waals surface area contributed by atoms with Crippen molar-refractivity contribution in [1.29, 1.82) is 0 Å². The molecule has 0 saturated heterocycles. The van der Waals surface area contributed by atoms with Crippen LogP contribution in [0.25, 0.3) is 11.3 Å². The van der Waals surface area contributed by atoms with Crippen molar-refractivity contribution >= 4 is 29.3 Å². The lowest BCUT2D eigenvalue weighted by molar-refractivity contribution is -0.121. The molecule has 2 aromatic carbocycles. The van der Waals surface area contributed by atoms with E-state index in [4.69, 9.17) is 4.74 Å². The first kappa shape index (κ1) is 20.2. The molecule has 1 N–H and O–H groups in total. The summed E-state index contributed by atoms with van der Waals surface area (Å²) in [6.45, 7) is 2.34. The molecule has 2 heterocycles. The van der Waals surface area contributed by atoms with Crippen LogP contribution in [0.3, 0.4) is 0 Å². The number of esters is 1. The summed E-state index contributed by atoms with van der Waals surface area (Å²) in [5.41, 5.74) is 2.12. The molecule has 1 aliphatic heterocycles. The Labute approximate surface area is 177 Å². The SMILES string of the molecule is C[C@@H]1CCN(C(=O)COC(=O)c2cc(-c3ccc(F)cc3)n[nH]2)c2ccccc2S1. The molecule has 1 atom stereocenters. The molecular weight excluding hydrogens is 405 g/mol. The summed E-state index contributed by atoms with van der Waals surface area (Å²) in [6.07, 6.45) is 0.848. The number of para-hydroxylation sites is 1. The minimum absolute atomic E-state index is 0.127. The highest BCUT2D eigenvalue weighted by molar-refractivity contribution is 8.00. The minimum atomic E-state index is -0.671. The second-order valence-electron chi connectivity index (χ2n) is 6.98. The van der Waals surface area contributed by atoms with Gasteiger partial charge in [-0.25, -0.2) is 9.18 Å². The average molecular weight is 425 g/mol. The number of carbonyl (C=O) groups is 2. The zero-order chi connectivity index (χ0) is 21.1. The van der Waals surface area contributed by atoms with Crippen molar-refractivity contribution < 1.29 is 18.7 Å². The van der Waals surface area contributed by atoms with Crippen molar-refractivity contribution in [2.75, 3.05) is 18.1 Å². The summed E-state index contributed by atoms with van der Waals surface area (Å²) in [4.78, 5) is 27.9. The molecule has 0 fully saturated rings. The van der Waals surface area contributed by atoms with Crippen LogP contribution >= 0.6 is 11.8 Å². The second kappa shape index (κ2) is 8.71. The van der Waals surface area contributed by atoms with E-state index in [1.165, 1.54) is 18.2 Å².